The zero-order valence-corrected chi connectivity index (χ0v) is 26.9. The number of nitrogens with one attached hydrogen (secondary N) is 2. The second-order valence-corrected chi connectivity index (χ2v) is 12.8. The standard InChI is InChI=1S/C35H36N8O2S/c1-23-17-29(4-6-32(23)42-13-11-36-12-14-42)40-35-38-20-27-18-26(3-5-31-24(2)46-22-39-31)34(44)43(33(27)41-35)21-28-19-37-10-7-30(28)25-8-15-45-16-9-25/h4,6-7,10,17-20,22,25,36H,8-9,11-16,21H2,1-2H3,(H,38,40,41). The van der Waals surface area contributed by atoms with Gasteiger partial charge in [0.2, 0.25) is 5.95 Å². The normalized spacial score (nSPS) is 15.5. The number of hydrogen-bond donors (Lipinski definition) is 2. The molecule has 4 aromatic heterocycles. The Morgan fingerprint density at radius 1 is 1.07 bits per heavy atom. The first kappa shape index (κ1) is 30.0. The lowest BCUT2D eigenvalue weighted by Gasteiger charge is -2.30. The lowest BCUT2D eigenvalue weighted by Crippen LogP contribution is -2.43. The fourth-order valence-electron chi connectivity index (χ4n) is 6.28. The first-order chi connectivity index (χ1) is 22.5. The molecule has 2 N–H and O–H groups in total. The number of benzene rings is 1. The molecule has 5 aromatic rings. The quantitative estimate of drug-likeness (QED) is 0.256. The number of aryl methyl sites for hydroxylation is 2. The number of nitrogens with zero attached hydrogens (tertiary/aromatic N) is 6. The summed E-state index contributed by atoms with van der Waals surface area (Å²) in [5.74, 6) is 6.96. The number of thiazole rings is 1. The van der Waals surface area contributed by atoms with E-state index in [-0.39, 0.29) is 5.56 Å². The molecule has 11 heteroatoms. The molecule has 2 saturated heterocycles. The molecular formula is C35H36N8O2S. The van der Waals surface area contributed by atoms with E-state index in [1.54, 1.807) is 22.3 Å². The number of ether oxygens (including phenoxy) is 1. The molecule has 0 bridgehead atoms. The molecule has 10 nitrogen and oxygen atoms in total. The zero-order chi connectivity index (χ0) is 31.5. The van der Waals surface area contributed by atoms with Crippen LogP contribution < -0.4 is 21.1 Å². The van der Waals surface area contributed by atoms with E-state index in [0.717, 1.165) is 73.7 Å². The van der Waals surface area contributed by atoms with Crippen molar-refractivity contribution in [2.75, 3.05) is 49.6 Å². The Morgan fingerprint density at radius 2 is 1.91 bits per heavy atom. The van der Waals surface area contributed by atoms with Gasteiger partial charge in [-0.15, -0.1) is 11.3 Å². The number of piperazine rings is 1. The van der Waals surface area contributed by atoms with E-state index in [2.05, 4.69) is 73.5 Å². The number of fused-ring (bicyclic) bond motifs is 1. The van der Waals surface area contributed by atoms with Crippen LogP contribution in [0.25, 0.3) is 11.0 Å². The molecular weight excluding hydrogens is 597 g/mol. The van der Waals surface area contributed by atoms with Crippen molar-refractivity contribution in [1.82, 2.24) is 29.8 Å². The molecule has 0 spiro atoms. The van der Waals surface area contributed by atoms with Gasteiger partial charge in [0.15, 0.2) is 0 Å². The van der Waals surface area contributed by atoms with Gasteiger partial charge < -0.3 is 20.3 Å². The van der Waals surface area contributed by atoms with Crippen molar-refractivity contribution in [1.29, 1.82) is 0 Å². The Balaban J connectivity index is 1.27. The largest absolute Gasteiger partial charge is 0.381 e. The van der Waals surface area contributed by atoms with Crippen LogP contribution in [0.5, 0.6) is 0 Å². The van der Waals surface area contributed by atoms with Crippen molar-refractivity contribution in [3.05, 3.63) is 97.6 Å². The third kappa shape index (κ3) is 6.37. The van der Waals surface area contributed by atoms with Crippen LogP contribution in [0.4, 0.5) is 17.3 Å². The second kappa shape index (κ2) is 13.4. The van der Waals surface area contributed by atoms with Gasteiger partial charge in [-0.1, -0.05) is 5.92 Å². The van der Waals surface area contributed by atoms with Crippen LogP contribution in [0.2, 0.25) is 0 Å². The Kier molecular flexibility index (Phi) is 8.74. The number of rotatable bonds is 6. The van der Waals surface area contributed by atoms with E-state index in [1.807, 2.05) is 19.3 Å². The van der Waals surface area contributed by atoms with Gasteiger partial charge in [0.1, 0.15) is 11.3 Å². The first-order valence-corrected chi connectivity index (χ1v) is 16.6. The summed E-state index contributed by atoms with van der Waals surface area (Å²) >= 11 is 1.53. The molecule has 0 amide bonds. The van der Waals surface area contributed by atoms with Crippen molar-refractivity contribution < 1.29 is 4.74 Å². The Hall–Kier alpha value is -4.63. The van der Waals surface area contributed by atoms with E-state index in [0.29, 0.717) is 35.3 Å². The average Bonchev–Trinajstić information content (AvgIpc) is 3.50. The highest BCUT2D eigenvalue weighted by Gasteiger charge is 2.21. The fraction of sp³-hybridized carbons (Fsp3) is 0.343. The van der Waals surface area contributed by atoms with E-state index in [4.69, 9.17) is 9.72 Å². The van der Waals surface area contributed by atoms with Gasteiger partial charge in [-0.2, -0.15) is 4.98 Å². The third-order valence-corrected chi connectivity index (χ3v) is 9.49. The number of aromatic nitrogens is 5. The highest BCUT2D eigenvalue weighted by atomic mass is 32.1. The summed E-state index contributed by atoms with van der Waals surface area (Å²) < 4.78 is 7.33. The van der Waals surface area contributed by atoms with Crippen molar-refractivity contribution in [3.8, 4) is 11.8 Å². The van der Waals surface area contributed by atoms with E-state index < -0.39 is 0 Å². The monoisotopic (exact) mass is 632 g/mol. The Morgan fingerprint density at radius 3 is 2.70 bits per heavy atom. The molecule has 0 radical (unpaired) electrons. The van der Waals surface area contributed by atoms with Crippen molar-refractivity contribution in [2.24, 2.45) is 0 Å². The van der Waals surface area contributed by atoms with Crippen molar-refractivity contribution >= 4 is 39.7 Å². The lowest BCUT2D eigenvalue weighted by molar-refractivity contribution is 0.0851. The van der Waals surface area contributed by atoms with Gasteiger partial charge >= 0.3 is 0 Å². The van der Waals surface area contributed by atoms with E-state index in [1.165, 1.54) is 28.2 Å². The minimum atomic E-state index is -0.212. The first-order valence-electron chi connectivity index (χ1n) is 15.7. The van der Waals surface area contributed by atoms with Gasteiger partial charge in [-0.05, 0) is 85.5 Å². The van der Waals surface area contributed by atoms with Crippen molar-refractivity contribution in [2.45, 2.75) is 39.2 Å². The molecule has 7 rings (SSSR count). The van der Waals surface area contributed by atoms with Crippen LogP contribution in [0.15, 0.2) is 59.2 Å². The topological polar surface area (TPSA) is 110 Å². The smallest absolute Gasteiger partial charge is 0.268 e. The van der Waals surface area contributed by atoms with Gasteiger partial charge in [-0.3, -0.25) is 14.3 Å². The molecule has 0 saturated carbocycles. The summed E-state index contributed by atoms with van der Waals surface area (Å²) in [7, 11) is 0. The number of hydrogen-bond acceptors (Lipinski definition) is 10. The van der Waals surface area contributed by atoms with Crippen LogP contribution in [-0.4, -0.2) is 63.9 Å². The Labute approximate surface area is 271 Å². The summed E-state index contributed by atoms with van der Waals surface area (Å²) in [6.07, 6.45) is 7.32. The summed E-state index contributed by atoms with van der Waals surface area (Å²) in [4.78, 5) is 35.9. The average molecular weight is 633 g/mol. The van der Waals surface area contributed by atoms with E-state index in [9.17, 15) is 4.79 Å². The molecule has 46 heavy (non-hydrogen) atoms. The SMILES string of the molecule is Cc1cc(Nc2ncc3cc(C#Cc4ncsc4C)c(=O)n(Cc4cnccc4C4CCOCC4)c3n2)ccc1N1CCNCC1. The molecule has 234 valence electrons. The number of pyridine rings is 2. The summed E-state index contributed by atoms with van der Waals surface area (Å²) in [5, 5.41) is 7.52. The molecule has 0 unspecified atom stereocenters. The van der Waals surface area contributed by atoms with Gasteiger partial charge in [0, 0.05) is 79.6 Å². The minimum absolute atomic E-state index is 0.212. The molecule has 2 aliphatic rings. The van der Waals surface area contributed by atoms with Crippen LogP contribution in [0, 0.1) is 25.7 Å². The molecule has 2 aliphatic heterocycles. The molecule has 2 fully saturated rings. The van der Waals surface area contributed by atoms with Crippen LogP contribution in [0.3, 0.4) is 0 Å². The maximum absolute atomic E-state index is 14.1. The van der Waals surface area contributed by atoms with E-state index >= 15 is 0 Å². The number of anilines is 3. The van der Waals surface area contributed by atoms with Crippen LogP contribution >= 0.6 is 11.3 Å². The summed E-state index contributed by atoms with van der Waals surface area (Å²) in [6.45, 7) is 9.83. The van der Waals surface area contributed by atoms with Gasteiger partial charge in [0.05, 0.1) is 17.6 Å². The summed E-state index contributed by atoms with van der Waals surface area (Å²) in [6, 6.07) is 10.2. The highest BCUT2D eigenvalue weighted by molar-refractivity contribution is 7.09. The zero-order valence-electron chi connectivity index (χ0n) is 26.0. The minimum Gasteiger partial charge on any atom is -0.381 e. The second-order valence-electron chi connectivity index (χ2n) is 11.8. The molecule has 6 heterocycles. The molecule has 1 aromatic carbocycles. The Bertz CT molecular complexity index is 2000. The molecule has 0 aliphatic carbocycles. The maximum atomic E-state index is 14.1. The lowest BCUT2D eigenvalue weighted by atomic mass is 9.89. The molecule has 0 atom stereocenters. The predicted octanol–water partition coefficient (Wildman–Crippen LogP) is 4.76. The maximum Gasteiger partial charge on any atom is 0.268 e. The summed E-state index contributed by atoms with van der Waals surface area (Å²) in [5.41, 5.74) is 8.63. The van der Waals surface area contributed by atoms with Crippen LogP contribution in [-0.2, 0) is 11.3 Å². The fourth-order valence-corrected chi connectivity index (χ4v) is 6.81. The van der Waals surface area contributed by atoms with Crippen molar-refractivity contribution in [3.63, 3.8) is 0 Å². The predicted molar refractivity (Wildman–Crippen MR) is 182 cm³/mol. The van der Waals surface area contributed by atoms with Gasteiger partial charge in [-0.25, -0.2) is 9.97 Å². The highest BCUT2D eigenvalue weighted by Crippen LogP contribution is 2.30. The van der Waals surface area contributed by atoms with Crippen LogP contribution in [0.1, 0.15) is 51.6 Å². The van der Waals surface area contributed by atoms with Gasteiger partial charge in [0.25, 0.3) is 5.56 Å². The third-order valence-electron chi connectivity index (χ3n) is 8.73.